The number of benzene rings is 2. The van der Waals surface area contributed by atoms with Crippen LogP contribution in [-0.2, 0) is 17.6 Å². The molecule has 0 unspecified atom stereocenters. The predicted octanol–water partition coefficient (Wildman–Crippen LogP) is 2.55. The third-order valence-electron chi connectivity index (χ3n) is 3.78. The minimum absolute atomic E-state index is 0.0476. The molecule has 0 atom stereocenters. The van der Waals surface area contributed by atoms with E-state index in [1.807, 2.05) is 6.07 Å². The predicted molar refractivity (Wildman–Crippen MR) is 88.3 cm³/mol. The van der Waals surface area contributed by atoms with Gasteiger partial charge in [-0.15, -0.1) is 0 Å². The molecule has 2 N–H and O–H groups in total. The molecule has 6 heteroatoms. The third kappa shape index (κ3) is 4.10. The molecule has 1 heterocycles. The zero-order valence-electron chi connectivity index (χ0n) is 13.0. The van der Waals surface area contributed by atoms with E-state index in [1.165, 1.54) is 12.1 Å². The molecule has 0 radical (unpaired) electrons. The fourth-order valence-electron chi connectivity index (χ4n) is 2.49. The molecule has 0 saturated heterocycles. The van der Waals surface area contributed by atoms with Gasteiger partial charge in [0.1, 0.15) is 5.82 Å². The number of hydrogen-bond acceptors (Lipinski definition) is 3. The van der Waals surface area contributed by atoms with E-state index in [9.17, 15) is 14.0 Å². The Labute approximate surface area is 137 Å². The Kier molecular flexibility index (Phi) is 4.74. The molecule has 0 bridgehead atoms. The molecule has 0 fully saturated rings. The Bertz CT molecular complexity index is 897. The number of carbonyl (C=O) groups excluding carboxylic acids is 1. The van der Waals surface area contributed by atoms with Gasteiger partial charge in [0.05, 0.1) is 5.52 Å². The van der Waals surface area contributed by atoms with Crippen LogP contribution in [0.3, 0.4) is 0 Å². The van der Waals surface area contributed by atoms with E-state index >= 15 is 0 Å². The van der Waals surface area contributed by atoms with Crippen molar-refractivity contribution in [3.8, 4) is 0 Å². The van der Waals surface area contributed by atoms with Crippen molar-refractivity contribution in [2.75, 3.05) is 6.54 Å². The van der Waals surface area contributed by atoms with Gasteiger partial charge in [0.2, 0.25) is 5.91 Å². The maximum absolute atomic E-state index is 12.8. The number of aryl methyl sites for hydroxylation is 1. The van der Waals surface area contributed by atoms with Crippen LogP contribution in [0.2, 0.25) is 0 Å². The lowest BCUT2D eigenvalue weighted by atomic mass is 10.1. The van der Waals surface area contributed by atoms with Gasteiger partial charge in [-0.1, -0.05) is 18.2 Å². The molecule has 0 spiro atoms. The molecule has 2 aromatic carbocycles. The number of rotatable bonds is 6. The van der Waals surface area contributed by atoms with Crippen molar-refractivity contribution in [2.24, 2.45) is 0 Å². The summed E-state index contributed by atoms with van der Waals surface area (Å²) in [5.74, 6) is -0.803. The highest BCUT2D eigenvalue weighted by Gasteiger charge is 2.05. The number of nitrogens with one attached hydrogen (secondary N) is 2. The molecule has 124 valence electrons. The van der Waals surface area contributed by atoms with E-state index in [4.69, 9.17) is 4.42 Å². The fourth-order valence-corrected chi connectivity index (χ4v) is 2.49. The van der Waals surface area contributed by atoms with Gasteiger partial charge in [-0.2, -0.15) is 0 Å². The average molecular weight is 328 g/mol. The number of hydrogen-bond donors (Lipinski definition) is 2. The molecular weight excluding hydrogens is 311 g/mol. The van der Waals surface area contributed by atoms with Crippen molar-refractivity contribution in [1.29, 1.82) is 0 Å². The first-order chi connectivity index (χ1) is 11.6. The number of aromatic amines is 1. The van der Waals surface area contributed by atoms with E-state index < -0.39 is 5.76 Å². The second-order valence-corrected chi connectivity index (χ2v) is 5.57. The van der Waals surface area contributed by atoms with E-state index in [2.05, 4.69) is 10.3 Å². The Morgan fingerprint density at radius 3 is 2.62 bits per heavy atom. The zero-order valence-corrected chi connectivity index (χ0v) is 13.0. The lowest BCUT2D eigenvalue weighted by Crippen LogP contribution is -2.25. The second-order valence-electron chi connectivity index (χ2n) is 5.57. The summed E-state index contributed by atoms with van der Waals surface area (Å²) < 4.78 is 17.8. The highest BCUT2D eigenvalue weighted by molar-refractivity contribution is 5.76. The SMILES string of the molecule is O=C(CCc1ccc(F)cc1)NCCc1ccc2[nH]c(=O)oc2c1. The molecule has 0 aliphatic carbocycles. The molecule has 5 nitrogen and oxygen atoms in total. The van der Waals surface area contributed by atoms with Crippen molar-refractivity contribution in [2.45, 2.75) is 19.3 Å². The van der Waals surface area contributed by atoms with Gasteiger partial charge in [-0.05, 0) is 48.2 Å². The topological polar surface area (TPSA) is 75.1 Å². The lowest BCUT2D eigenvalue weighted by molar-refractivity contribution is -0.121. The summed E-state index contributed by atoms with van der Waals surface area (Å²) in [6, 6.07) is 11.6. The summed E-state index contributed by atoms with van der Waals surface area (Å²) >= 11 is 0. The van der Waals surface area contributed by atoms with Crippen molar-refractivity contribution in [3.05, 3.63) is 70.0 Å². The number of halogens is 1. The smallest absolute Gasteiger partial charge is 0.408 e. The molecule has 3 rings (SSSR count). The maximum atomic E-state index is 12.8. The lowest BCUT2D eigenvalue weighted by Gasteiger charge is -2.06. The minimum atomic E-state index is -0.476. The van der Waals surface area contributed by atoms with Gasteiger partial charge in [0, 0.05) is 13.0 Å². The Hall–Kier alpha value is -2.89. The standard InChI is InChI=1S/C18H17FN2O3/c19-14-5-1-12(2-6-14)4-8-17(22)20-10-9-13-3-7-15-16(11-13)24-18(23)21-15/h1-3,5-7,11H,4,8-10H2,(H,20,22)(H,21,23). The van der Waals surface area contributed by atoms with Crippen LogP contribution in [0.25, 0.3) is 11.1 Å². The fraction of sp³-hybridized carbons (Fsp3) is 0.222. The quantitative estimate of drug-likeness (QED) is 0.730. The summed E-state index contributed by atoms with van der Waals surface area (Å²) in [6.45, 7) is 0.502. The van der Waals surface area contributed by atoms with Gasteiger partial charge in [0.15, 0.2) is 5.58 Å². The number of fused-ring (bicyclic) bond motifs is 1. The van der Waals surface area contributed by atoms with Gasteiger partial charge in [-0.3, -0.25) is 9.78 Å². The van der Waals surface area contributed by atoms with Crippen LogP contribution in [0.1, 0.15) is 17.5 Å². The van der Waals surface area contributed by atoms with Crippen LogP contribution >= 0.6 is 0 Å². The van der Waals surface area contributed by atoms with Crippen LogP contribution < -0.4 is 11.1 Å². The van der Waals surface area contributed by atoms with Crippen LogP contribution in [0.15, 0.2) is 51.7 Å². The molecule has 24 heavy (non-hydrogen) atoms. The third-order valence-corrected chi connectivity index (χ3v) is 3.78. The first-order valence-corrected chi connectivity index (χ1v) is 7.73. The van der Waals surface area contributed by atoms with Crippen LogP contribution in [0.4, 0.5) is 4.39 Å². The van der Waals surface area contributed by atoms with E-state index in [0.29, 0.717) is 36.9 Å². The van der Waals surface area contributed by atoms with Crippen molar-refractivity contribution >= 4 is 17.0 Å². The second kappa shape index (κ2) is 7.12. The number of oxazole rings is 1. The number of aromatic nitrogens is 1. The van der Waals surface area contributed by atoms with Gasteiger partial charge >= 0.3 is 5.76 Å². The summed E-state index contributed by atoms with van der Waals surface area (Å²) in [5, 5.41) is 2.85. The van der Waals surface area contributed by atoms with Crippen LogP contribution in [-0.4, -0.2) is 17.4 Å². The molecule has 3 aromatic rings. The summed E-state index contributed by atoms with van der Waals surface area (Å²) in [5.41, 5.74) is 3.08. The zero-order chi connectivity index (χ0) is 16.9. The summed E-state index contributed by atoms with van der Waals surface area (Å²) in [4.78, 5) is 25.5. The van der Waals surface area contributed by atoms with E-state index in [-0.39, 0.29) is 11.7 Å². The Morgan fingerprint density at radius 1 is 1.08 bits per heavy atom. The summed E-state index contributed by atoms with van der Waals surface area (Å²) in [7, 11) is 0. The van der Waals surface area contributed by atoms with Gasteiger partial charge in [-0.25, -0.2) is 9.18 Å². The molecular formula is C18H17FN2O3. The number of amides is 1. The van der Waals surface area contributed by atoms with E-state index in [1.54, 1.807) is 24.3 Å². The van der Waals surface area contributed by atoms with Crippen molar-refractivity contribution in [1.82, 2.24) is 10.3 Å². The van der Waals surface area contributed by atoms with Crippen molar-refractivity contribution in [3.63, 3.8) is 0 Å². The molecule has 0 saturated carbocycles. The first kappa shape index (κ1) is 16.0. The van der Waals surface area contributed by atoms with Crippen molar-refractivity contribution < 1.29 is 13.6 Å². The van der Waals surface area contributed by atoms with Gasteiger partial charge < -0.3 is 9.73 Å². The molecule has 1 aromatic heterocycles. The molecule has 1 amide bonds. The molecule has 0 aliphatic heterocycles. The minimum Gasteiger partial charge on any atom is -0.408 e. The van der Waals surface area contributed by atoms with Gasteiger partial charge in [0.25, 0.3) is 0 Å². The first-order valence-electron chi connectivity index (χ1n) is 7.73. The normalized spacial score (nSPS) is 10.9. The number of H-pyrrole nitrogens is 1. The molecule has 0 aliphatic rings. The Morgan fingerprint density at radius 2 is 1.83 bits per heavy atom. The summed E-state index contributed by atoms with van der Waals surface area (Å²) in [6.07, 6.45) is 1.58. The average Bonchev–Trinajstić information content (AvgIpc) is 2.93. The highest BCUT2D eigenvalue weighted by atomic mass is 19.1. The van der Waals surface area contributed by atoms with E-state index in [0.717, 1.165) is 11.1 Å². The number of carbonyl (C=O) groups is 1. The Balaban J connectivity index is 1.45. The van der Waals surface area contributed by atoms with Crippen LogP contribution in [0.5, 0.6) is 0 Å². The largest absolute Gasteiger partial charge is 0.417 e. The highest BCUT2D eigenvalue weighted by Crippen LogP contribution is 2.12. The maximum Gasteiger partial charge on any atom is 0.417 e. The monoisotopic (exact) mass is 328 g/mol. The van der Waals surface area contributed by atoms with Crippen LogP contribution in [0, 0.1) is 5.82 Å².